The van der Waals surface area contributed by atoms with E-state index in [9.17, 15) is 10.1 Å². The van der Waals surface area contributed by atoms with E-state index in [0.717, 1.165) is 38.0 Å². The van der Waals surface area contributed by atoms with Crippen molar-refractivity contribution in [2.45, 2.75) is 51.0 Å². The Bertz CT molecular complexity index is 942. The van der Waals surface area contributed by atoms with Gasteiger partial charge >= 0.3 is 0 Å². The SMILES string of the molecule is N#Cc1nccnc1N1CCCC(=O)N2CCCCC2CCc2cccc(c2)OCC1. The van der Waals surface area contributed by atoms with Gasteiger partial charge < -0.3 is 14.5 Å². The van der Waals surface area contributed by atoms with E-state index in [4.69, 9.17) is 4.74 Å². The van der Waals surface area contributed by atoms with Crippen molar-refractivity contribution in [3.05, 3.63) is 47.9 Å². The van der Waals surface area contributed by atoms with E-state index in [0.29, 0.717) is 50.1 Å². The number of nitrogens with zero attached hydrogens (tertiary/aromatic N) is 5. The molecule has 162 valence electrons. The highest BCUT2D eigenvalue weighted by Gasteiger charge is 2.26. The molecule has 1 atom stereocenters. The fourth-order valence-corrected chi connectivity index (χ4v) is 4.56. The number of nitriles is 1. The summed E-state index contributed by atoms with van der Waals surface area (Å²) in [6.45, 7) is 2.52. The zero-order valence-corrected chi connectivity index (χ0v) is 17.9. The summed E-state index contributed by atoms with van der Waals surface area (Å²) in [7, 11) is 0. The Balaban J connectivity index is 1.57. The van der Waals surface area contributed by atoms with E-state index in [1.165, 1.54) is 18.2 Å². The molecule has 2 aromatic rings. The standard InChI is InChI=1S/C24H29N5O2/c25-18-22-24(27-12-11-26-22)28-13-4-8-23(30)29-14-2-1-6-20(29)10-9-19-5-3-7-21(17-19)31-16-15-28/h3,5,7,11-12,17,20H,1-2,4,6,8-10,13-16H2. The highest BCUT2D eigenvalue weighted by atomic mass is 16.5. The minimum atomic E-state index is 0.240. The number of benzene rings is 1. The zero-order valence-electron chi connectivity index (χ0n) is 17.9. The molecule has 4 rings (SSSR count). The number of amides is 1. The van der Waals surface area contributed by atoms with Crippen molar-refractivity contribution in [1.29, 1.82) is 5.26 Å². The summed E-state index contributed by atoms with van der Waals surface area (Å²) in [5.41, 5.74) is 1.53. The molecule has 31 heavy (non-hydrogen) atoms. The largest absolute Gasteiger partial charge is 0.492 e. The number of anilines is 1. The Kier molecular flexibility index (Phi) is 6.98. The molecular formula is C24H29N5O2. The fourth-order valence-electron chi connectivity index (χ4n) is 4.56. The number of aryl methyl sites for hydroxylation is 1. The molecule has 7 heteroatoms. The van der Waals surface area contributed by atoms with E-state index in [1.807, 2.05) is 17.0 Å². The molecule has 0 N–H and O–H groups in total. The van der Waals surface area contributed by atoms with Crippen LogP contribution in [0.15, 0.2) is 36.7 Å². The molecule has 1 fully saturated rings. The highest BCUT2D eigenvalue weighted by Crippen LogP contribution is 2.24. The summed E-state index contributed by atoms with van der Waals surface area (Å²) in [5, 5.41) is 9.45. The second kappa shape index (κ2) is 10.3. The van der Waals surface area contributed by atoms with E-state index in [-0.39, 0.29) is 5.91 Å². The van der Waals surface area contributed by atoms with Crippen LogP contribution in [0.3, 0.4) is 0 Å². The van der Waals surface area contributed by atoms with E-state index in [2.05, 4.69) is 33.1 Å². The number of aromatic nitrogens is 2. The lowest BCUT2D eigenvalue weighted by Crippen LogP contribution is -2.44. The molecule has 0 radical (unpaired) electrons. The highest BCUT2D eigenvalue weighted by molar-refractivity contribution is 5.76. The Labute approximate surface area is 183 Å². The number of hydrogen-bond donors (Lipinski definition) is 0. The zero-order chi connectivity index (χ0) is 21.5. The van der Waals surface area contributed by atoms with Crippen molar-refractivity contribution >= 4 is 11.7 Å². The monoisotopic (exact) mass is 419 g/mol. The number of fused-ring (bicyclic) bond motifs is 3. The average molecular weight is 420 g/mol. The van der Waals surface area contributed by atoms with Crippen molar-refractivity contribution in [1.82, 2.24) is 14.9 Å². The predicted molar refractivity (Wildman–Crippen MR) is 118 cm³/mol. The number of carbonyl (C=O) groups excluding carboxylic acids is 1. The van der Waals surface area contributed by atoms with Crippen LogP contribution < -0.4 is 9.64 Å². The maximum Gasteiger partial charge on any atom is 0.222 e. The molecule has 1 saturated heterocycles. The molecular weight excluding hydrogens is 390 g/mol. The van der Waals surface area contributed by atoms with Crippen LogP contribution >= 0.6 is 0 Å². The Morgan fingerprint density at radius 1 is 1.03 bits per heavy atom. The molecule has 2 aliphatic heterocycles. The van der Waals surface area contributed by atoms with Gasteiger partial charge in [-0.3, -0.25) is 4.79 Å². The predicted octanol–water partition coefficient (Wildman–Crippen LogP) is 3.34. The van der Waals surface area contributed by atoms with Crippen LogP contribution in [0.2, 0.25) is 0 Å². The molecule has 2 aliphatic rings. The molecule has 1 aromatic heterocycles. The van der Waals surface area contributed by atoms with Crippen molar-refractivity contribution in [3.8, 4) is 11.8 Å². The van der Waals surface area contributed by atoms with Gasteiger partial charge in [0.2, 0.25) is 5.91 Å². The molecule has 0 saturated carbocycles. The third-order valence-electron chi connectivity index (χ3n) is 6.15. The quantitative estimate of drug-likeness (QED) is 0.705. The minimum Gasteiger partial charge on any atom is -0.492 e. The molecule has 1 aromatic carbocycles. The number of rotatable bonds is 1. The van der Waals surface area contributed by atoms with Crippen molar-refractivity contribution < 1.29 is 9.53 Å². The third-order valence-corrected chi connectivity index (χ3v) is 6.15. The number of ether oxygens (including phenoxy) is 1. The summed E-state index contributed by atoms with van der Waals surface area (Å²) in [6.07, 6.45) is 9.63. The first kappa shape index (κ1) is 21.1. The van der Waals surface area contributed by atoms with Crippen LogP contribution in [-0.4, -0.2) is 53.1 Å². The van der Waals surface area contributed by atoms with Gasteiger partial charge in [0.1, 0.15) is 18.4 Å². The van der Waals surface area contributed by atoms with Crippen molar-refractivity contribution in [3.63, 3.8) is 0 Å². The second-order valence-corrected chi connectivity index (χ2v) is 8.20. The molecule has 7 nitrogen and oxygen atoms in total. The number of piperidine rings is 1. The smallest absolute Gasteiger partial charge is 0.222 e. The van der Waals surface area contributed by atoms with Gasteiger partial charge in [0.25, 0.3) is 0 Å². The van der Waals surface area contributed by atoms with Crippen molar-refractivity contribution in [2.75, 3.05) is 31.1 Å². The second-order valence-electron chi connectivity index (χ2n) is 8.20. The molecule has 3 heterocycles. The van der Waals surface area contributed by atoms with Gasteiger partial charge in [-0.05, 0) is 56.2 Å². The molecule has 0 spiro atoms. The lowest BCUT2D eigenvalue weighted by atomic mass is 9.95. The van der Waals surface area contributed by atoms with E-state index >= 15 is 0 Å². The molecule has 1 amide bonds. The van der Waals surface area contributed by atoms with Gasteiger partial charge in [-0.15, -0.1) is 0 Å². The summed E-state index contributed by atoms with van der Waals surface area (Å²) in [6, 6.07) is 10.7. The topological polar surface area (TPSA) is 82.3 Å². The molecule has 0 aliphatic carbocycles. The molecule has 2 bridgehead atoms. The van der Waals surface area contributed by atoms with Crippen LogP contribution in [0.4, 0.5) is 5.82 Å². The Hall–Kier alpha value is -3.14. The van der Waals surface area contributed by atoms with Crippen LogP contribution in [0, 0.1) is 11.3 Å². The maximum absolute atomic E-state index is 13.0. The van der Waals surface area contributed by atoms with Crippen LogP contribution in [0.1, 0.15) is 49.8 Å². The molecule has 1 unspecified atom stereocenters. The van der Waals surface area contributed by atoms with Gasteiger partial charge in [0, 0.05) is 37.9 Å². The summed E-state index contributed by atoms with van der Waals surface area (Å²) < 4.78 is 6.03. The minimum absolute atomic E-state index is 0.240. The first-order chi connectivity index (χ1) is 15.2. The van der Waals surface area contributed by atoms with Gasteiger partial charge in [0.15, 0.2) is 11.5 Å². The lowest BCUT2D eigenvalue weighted by molar-refractivity contribution is -0.135. The lowest BCUT2D eigenvalue weighted by Gasteiger charge is -2.36. The first-order valence-electron chi connectivity index (χ1n) is 11.2. The first-order valence-corrected chi connectivity index (χ1v) is 11.2. The van der Waals surface area contributed by atoms with Crippen LogP contribution in [0.25, 0.3) is 0 Å². The van der Waals surface area contributed by atoms with E-state index in [1.54, 1.807) is 6.20 Å². The van der Waals surface area contributed by atoms with Crippen molar-refractivity contribution in [2.24, 2.45) is 0 Å². The van der Waals surface area contributed by atoms with Gasteiger partial charge in [0.05, 0.1) is 6.54 Å². The Morgan fingerprint density at radius 3 is 2.84 bits per heavy atom. The van der Waals surface area contributed by atoms with Gasteiger partial charge in [-0.2, -0.15) is 5.26 Å². The number of hydrogen-bond acceptors (Lipinski definition) is 6. The van der Waals surface area contributed by atoms with Gasteiger partial charge in [-0.25, -0.2) is 9.97 Å². The van der Waals surface area contributed by atoms with E-state index < -0.39 is 0 Å². The fraction of sp³-hybridized carbons (Fsp3) is 0.500. The van der Waals surface area contributed by atoms with Gasteiger partial charge in [-0.1, -0.05) is 12.1 Å². The summed E-state index contributed by atoms with van der Waals surface area (Å²) >= 11 is 0. The number of carbonyl (C=O) groups is 1. The summed E-state index contributed by atoms with van der Waals surface area (Å²) in [4.78, 5) is 25.7. The van der Waals surface area contributed by atoms with Crippen LogP contribution in [-0.2, 0) is 11.2 Å². The third kappa shape index (κ3) is 5.32. The Morgan fingerprint density at radius 2 is 1.94 bits per heavy atom. The van der Waals surface area contributed by atoms with Crippen LogP contribution in [0.5, 0.6) is 5.75 Å². The maximum atomic E-state index is 13.0. The summed E-state index contributed by atoms with van der Waals surface area (Å²) in [5.74, 6) is 1.64. The normalized spacial score (nSPS) is 20.6. The average Bonchev–Trinajstić information content (AvgIpc) is 2.82.